The Hall–Kier alpha value is -1.94. The fourth-order valence-electron chi connectivity index (χ4n) is 1.49. The van der Waals surface area contributed by atoms with Crippen molar-refractivity contribution in [3.8, 4) is 5.75 Å². The molecule has 2 aromatic rings. The third kappa shape index (κ3) is 3.58. The second kappa shape index (κ2) is 6.68. The lowest BCUT2D eigenvalue weighted by Gasteiger charge is -2.05. The lowest BCUT2D eigenvalue weighted by Crippen LogP contribution is -1.96. The molecule has 0 spiro atoms. The average molecular weight is 330 g/mol. The van der Waals surface area contributed by atoms with E-state index in [1.54, 1.807) is 0 Å². The fourth-order valence-corrected chi connectivity index (χ4v) is 3.42. The van der Waals surface area contributed by atoms with Crippen molar-refractivity contribution in [2.45, 2.75) is 16.2 Å². The summed E-state index contributed by atoms with van der Waals surface area (Å²) in [5, 5.41) is 22.4. The molecule has 0 bridgehead atoms. The Labute approximate surface area is 127 Å². The van der Waals surface area contributed by atoms with Gasteiger partial charge in [-0.3, -0.25) is 10.1 Å². The third-order valence-corrected chi connectivity index (χ3v) is 4.31. The van der Waals surface area contributed by atoms with Crippen molar-refractivity contribution in [2.24, 2.45) is 0 Å². The van der Waals surface area contributed by atoms with Gasteiger partial charge in [0.15, 0.2) is 4.34 Å². The van der Waals surface area contributed by atoms with Crippen LogP contribution in [0.3, 0.4) is 0 Å². The molecule has 0 saturated carbocycles. The molecular weight excluding hydrogens is 319 g/mol. The van der Waals surface area contributed by atoms with E-state index in [0.717, 1.165) is 17.8 Å². The van der Waals surface area contributed by atoms with E-state index in [1.165, 1.54) is 24.5 Å². The average Bonchev–Trinajstić information content (AvgIpc) is 2.85. The van der Waals surface area contributed by atoms with E-state index in [0.29, 0.717) is 16.0 Å². The van der Waals surface area contributed by atoms with E-state index >= 15 is 0 Å². The van der Waals surface area contributed by atoms with Gasteiger partial charge in [0.2, 0.25) is 10.9 Å². The number of nitrogens with zero attached hydrogens (tertiary/aromatic N) is 3. The molecule has 0 saturated heterocycles. The van der Waals surface area contributed by atoms with Crippen LogP contribution in [0.25, 0.3) is 0 Å². The number of anilines is 1. The first-order valence-electron chi connectivity index (χ1n) is 5.82. The van der Waals surface area contributed by atoms with Crippen LogP contribution in [-0.4, -0.2) is 28.8 Å². The second-order valence-corrected chi connectivity index (χ2v) is 5.99. The number of nitro benzene ring substituents is 1. The van der Waals surface area contributed by atoms with Gasteiger partial charge in [-0.25, -0.2) is 0 Å². The number of methoxy groups -OCH3 is 1. The zero-order valence-corrected chi connectivity index (χ0v) is 12.8. The summed E-state index contributed by atoms with van der Waals surface area (Å²) in [6.07, 6.45) is 0. The molecule has 10 heteroatoms. The predicted molar refractivity (Wildman–Crippen MR) is 77.8 cm³/mol. The van der Waals surface area contributed by atoms with Crippen LogP contribution >= 0.6 is 23.1 Å². The topological polar surface area (TPSA) is 90.2 Å². The van der Waals surface area contributed by atoms with E-state index in [2.05, 4.69) is 15.5 Å². The summed E-state index contributed by atoms with van der Waals surface area (Å²) in [6.45, 7) is 2.60. The number of halogens is 1. The van der Waals surface area contributed by atoms with Gasteiger partial charge in [-0.15, -0.1) is 10.2 Å². The van der Waals surface area contributed by atoms with Gasteiger partial charge >= 0.3 is 5.69 Å². The quantitative estimate of drug-likeness (QED) is 0.642. The molecule has 0 radical (unpaired) electrons. The molecule has 2 rings (SSSR count). The Morgan fingerprint density at radius 2 is 2.29 bits per heavy atom. The minimum absolute atomic E-state index is 0.121. The van der Waals surface area contributed by atoms with Crippen molar-refractivity contribution in [2.75, 3.05) is 19.0 Å². The van der Waals surface area contributed by atoms with Crippen molar-refractivity contribution in [1.29, 1.82) is 0 Å². The summed E-state index contributed by atoms with van der Waals surface area (Å²) in [6, 6.07) is 2.38. The number of rotatable bonds is 6. The lowest BCUT2D eigenvalue weighted by atomic mass is 10.3. The molecule has 0 aliphatic heterocycles. The van der Waals surface area contributed by atoms with E-state index in [4.69, 9.17) is 4.74 Å². The largest absolute Gasteiger partial charge is 0.497 e. The molecule has 0 aliphatic carbocycles. The Balaban J connectivity index is 2.36. The van der Waals surface area contributed by atoms with Crippen molar-refractivity contribution in [3.05, 3.63) is 28.1 Å². The maximum absolute atomic E-state index is 13.8. The van der Waals surface area contributed by atoms with E-state index in [9.17, 15) is 14.5 Å². The molecule has 0 aliphatic rings. The lowest BCUT2D eigenvalue weighted by molar-refractivity contribution is -0.390. The Bertz CT molecular complexity index is 665. The Kier molecular flexibility index (Phi) is 4.91. The van der Waals surface area contributed by atoms with Crippen LogP contribution in [-0.2, 0) is 0 Å². The summed E-state index contributed by atoms with van der Waals surface area (Å²) in [7, 11) is 1.36. The van der Waals surface area contributed by atoms with Gasteiger partial charge in [0.05, 0.1) is 16.9 Å². The highest BCUT2D eigenvalue weighted by molar-refractivity contribution is 8.01. The highest BCUT2D eigenvalue weighted by Crippen LogP contribution is 2.40. The minimum Gasteiger partial charge on any atom is -0.497 e. The van der Waals surface area contributed by atoms with Gasteiger partial charge in [-0.1, -0.05) is 11.3 Å². The first-order valence-corrected chi connectivity index (χ1v) is 7.45. The molecule has 1 heterocycles. The second-order valence-electron chi connectivity index (χ2n) is 3.72. The number of ether oxygens (including phenoxy) is 1. The summed E-state index contributed by atoms with van der Waals surface area (Å²) >= 11 is 2.21. The van der Waals surface area contributed by atoms with Crippen LogP contribution in [0, 0.1) is 15.9 Å². The van der Waals surface area contributed by atoms with E-state index < -0.39 is 16.4 Å². The highest BCUT2D eigenvalue weighted by Gasteiger charge is 2.24. The van der Waals surface area contributed by atoms with Gasteiger partial charge in [0, 0.05) is 18.7 Å². The zero-order chi connectivity index (χ0) is 15.4. The number of aromatic nitrogens is 2. The van der Waals surface area contributed by atoms with Crippen LogP contribution < -0.4 is 10.1 Å². The zero-order valence-electron chi connectivity index (χ0n) is 11.1. The monoisotopic (exact) mass is 330 g/mol. The molecule has 1 aromatic heterocycles. The van der Waals surface area contributed by atoms with Crippen molar-refractivity contribution < 1.29 is 14.1 Å². The minimum atomic E-state index is -0.946. The summed E-state index contributed by atoms with van der Waals surface area (Å²) in [4.78, 5) is 10.4. The summed E-state index contributed by atoms with van der Waals surface area (Å²) in [5.41, 5.74) is -0.596. The molecule has 0 atom stereocenters. The number of hydrogen-bond donors (Lipinski definition) is 1. The van der Waals surface area contributed by atoms with Crippen molar-refractivity contribution >= 4 is 33.9 Å². The maximum Gasteiger partial charge on any atom is 0.318 e. The summed E-state index contributed by atoms with van der Waals surface area (Å²) in [5.74, 6) is -0.740. The smallest absolute Gasteiger partial charge is 0.318 e. The fraction of sp³-hybridized carbons (Fsp3) is 0.273. The Morgan fingerprint density at radius 1 is 1.52 bits per heavy atom. The standard InChI is InChI=1S/C11H11FN4O3S2/c1-3-13-10-14-15-11(21-10)20-8-5-6(19-2)4-7(12)9(8)16(17)18/h4-5H,3H2,1-2H3,(H,13,14). The molecule has 1 N–H and O–H groups in total. The normalized spacial score (nSPS) is 10.4. The van der Waals surface area contributed by atoms with Crippen LogP contribution in [0.15, 0.2) is 21.4 Å². The number of nitro groups is 1. The van der Waals surface area contributed by atoms with Crippen molar-refractivity contribution in [1.82, 2.24) is 10.2 Å². The van der Waals surface area contributed by atoms with Gasteiger partial charge in [0.25, 0.3) is 0 Å². The van der Waals surface area contributed by atoms with Gasteiger partial charge < -0.3 is 10.1 Å². The maximum atomic E-state index is 13.8. The van der Waals surface area contributed by atoms with Crippen LogP contribution in [0.1, 0.15) is 6.92 Å². The first-order chi connectivity index (χ1) is 10.0. The Morgan fingerprint density at radius 3 is 2.90 bits per heavy atom. The summed E-state index contributed by atoms with van der Waals surface area (Å²) < 4.78 is 19.2. The molecule has 0 unspecified atom stereocenters. The first kappa shape index (κ1) is 15.4. The van der Waals surface area contributed by atoms with E-state index in [-0.39, 0.29) is 10.6 Å². The third-order valence-electron chi connectivity index (χ3n) is 2.35. The molecule has 0 fully saturated rings. The molecule has 21 heavy (non-hydrogen) atoms. The highest BCUT2D eigenvalue weighted by atomic mass is 32.2. The SMILES string of the molecule is CCNc1nnc(Sc2cc(OC)cc(F)c2[N+](=O)[O-])s1. The molecule has 0 amide bonds. The van der Waals surface area contributed by atoms with Gasteiger partial charge in [0.1, 0.15) is 5.75 Å². The van der Waals surface area contributed by atoms with E-state index in [1.807, 2.05) is 6.92 Å². The molecule has 112 valence electrons. The van der Waals surface area contributed by atoms with Gasteiger partial charge in [-0.2, -0.15) is 4.39 Å². The van der Waals surface area contributed by atoms with Crippen molar-refractivity contribution in [3.63, 3.8) is 0 Å². The predicted octanol–water partition coefficient (Wildman–Crippen LogP) is 3.18. The molecule has 7 nitrogen and oxygen atoms in total. The number of benzene rings is 1. The van der Waals surface area contributed by atoms with Crippen LogP contribution in [0.2, 0.25) is 0 Å². The number of hydrogen-bond acceptors (Lipinski definition) is 8. The molecule has 1 aromatic carbocycles. The van der Waals surface area contributed by atoms with Crippen LogP contribution in [0.5, 0.6) is 5.75 Å². The van der Waals surface area contributed by atoms with Crippen LogP contribution in [0.4, 0.5) is 15.2 Å². The number of nitrogens with one attached hydrogen (secondary N) is 1. The molecular formula is C11H11FN4O3S2. The van der Waals surface area contributed by atoms with Gasteiger partial charge in [-0.05, 0) is 18.7 Å².